The molecule has 0 amide bonds. The van der Waals surface area contributed by atoms with Gasteiger partial charge in [0.1, 0.15) is 23.9 Å². The van der Waals surface area contributed by atoms with E-state index < -0.39 is 0 Å². The Morgan fingerprint density at radius 3 is 2.73 bits per heavy atom. The molecule has 0 spiro atoms. The molecule has 0 saturated carbocycles. The van der Waals surface area contributed by atoms with E-state index in [9.17, 15) is 4.79 Å². The van der Waals surface area contributed by atoms with E-state index in [0.717, 1.165) is 12.2 Å². The number of halogens is 1. The molecule has 0 bridgehead atoms. The third-order valence-corrected chi connectivity index (χ3v) is 4.06. The summed E-state index contributed by atoms with van der Waals surface area (Å²) in [5, 5.41) is 4.94. The summed E-state index contributed by atoms with van der Waals surface area (Å²) in [6, 6.07) is 10.7. The van der Waals surface area contributed by atoms with Crippen LogP contribution in [-0.4, -0.2) is 15.6 Å². The fourth-order valence-electron chi connectivity index (χ4n) is 2.42. The number of allylic oxidation sites excluding steroid dienone is 1. The highest BCUT2D eigenvalue weighted by atomic mass is 35.5. The van der Waals surface area contributed by atoms with Gasteiger partial charge in [0.15, 0.2) is 5.78 Å². The van der Waals surface area contributed by atoms with Crippen LogP contribution in [0.25, 0.3) is 6.08 Å². The Morgan fingerprint density at radius 1 is 1.27 bits per heavy atom. The van der Waals surface area contributed by atoms with Crippen LogP contribution in [0.1, 0.15) is 34.5 Å². The lowest BCUT2D eigenvalue weighted by Crippen LogP contribution is -1.94. The van der Waals surface area contributed by atoms with E-state index in [1.54, 1.807) is 47.3 Å². The van der Waals surface area contributed by atoms with Gasteiger partial charge >= 0.3 is 0 Å². The molecule has 6 heteroatoms. The van der Waals surface area contributed by atoms with Crippen molar-refractivity contribution in [2.24, 2.45) is 0 Å². The minimum atomic E-state index is -0.0995. The first-order valence-electron chi connectivity index (χ1n) is 8.28. The van der Waals surface area contributed by atoms with Crippen LogP contribution < -0.4 is 4.74 Å². The van der Waals surface area contributed by atoms with Gasteiger partial charge in [-0.2, -0.15) is 5.10 Å². The quantitative estimate of drug-likeness (QED) is 0.437. The van der Waals surface area contributed by atoms with Gasteiger partial charge in [-0.25, -0.2) is 0 Å². The second kappa shape index (κ2) is 8.06. The van der Waals surface area contributed by atoms with Gasteiger partial charge in [-0.05, 0) is 62.4 Å². The van der Waals surface area contributed by atoms with Crippen LogP contribution in [0.5, 0.6) is 5.75 Å². The van der Waals surface area contributed by atoms with Crippen molar-refractivity contribution in [3.8, 4) is 5.75 Å². The number of benzene rings is 1. The summed E-state index contributed by atoms with van der Waals surface area (Å²) in [6.45, 7) is 4.83. The van der Waals surface area contributed by atoms with Gasteiger partial charge in [0.25, 0.3) is 0 Å². The molecule has 0 fully saturated rings. The maximum absolute atomic E-state index is 12.3. The van der Waals surface area contributed by atoms with Gasteiger partial charge in [-0.15, -0.1) is 0 Å². The first-order chi connectivity index (χ1) is 12.5. The number of ketones is 1. The van der Waals surface area contributed by atoms with E-state index in [-0.39, 0.29) is 5.78 Å². The van der Waals surface area contributed by atoms with E-state index in [0.29, 0.717) is 34.5 Å². The van der Waals surface area contributed by atoms with Gasteiger partial charge in [0, 0.05) is 17.8 Å². The normalized spacial score (nSPS) is 11.2. The zero-order chi connectivity index (χ0) is 18.5. The Labute approximate surface area is 156 Å². The summed E-state index contributed by atoms with van der Waals surface area (Å²) in [4.78, 5) is 12.3. The van der Waals surface area contributed by atoms with E-state index in [2.05, 4.69) is 5.10 Å². The molecule has 134 valence electrons. The van der Waals surface area contributed by atoms with Gasteiger partial charge in [-0.1, -0.05) is 11.6 Å². The van der Waals surface area contributed by atoms with E-state index in [1.807, 2.05) is 19.9 Å². The van der Waals surface area contributed by atoms with Crippen LogP contribution in [0.4, 0.5) is 0 Å². The molecule has 0 unspecified atom stereocenters. The number of carbonyl (C=O) groups excluding carboxylic acids is 1. The van der Waals surface area contributed by atoms with Crippen molar-refractivity contribution in [1.29, 1.82) is 0 Å². The summed E-state index contributed by atoms with van der Waals surface area (Å²) < 4.78 is 13.0. The third kappa shape index (κ3) is 4.43. The third-order valence-electron chi connectivity index (χ3n) is 3.81. The molecule has 1 aromatic carbocycles. The molecular weight excluding hydrogens is 352 g/mol. The number of hydrogen-bond acceptors (Lipinski definition) is 4. The molecule has 0 aliphatic carbocycles. The molecule has 26 heavy (non-hydrogen) atoms. The lowest BCUT2D eigenvalue weighted by Gasteiger charge is -2.03. The van der Waals surface area contributed by atoms with Gasteiger partial charge < -0.3 is 9.15 Å². The first-order valence-corrected chi connectivity index (χ1v) is 8.66. The fourth-order valence-corrected chi connectivity index (χ4v) is 2.54. The van der Waals surface area contributed by atoms with Gasteiger partial charge in [0.2, 0.25) is 0 Å². The number of aromatic nitrogens is 2. The largest absolute Gasteiger partial charge is 0.486 e. The van der Waals surface area contributed by atoms with Crippen LogP contribution in [0, 0.1) is 6.92 Å². The van der Waals surface area contributed by atoms with Crippen LogP contribution in [0.3, 0.4) is 0 Å². The van der Waals surface area contributed by atoms with Crippen LogP contribution >= 0.6 is 11.6 Å². The van der Waals surface area contributed by atoms with Crippen molar-refractivity contribution < 1.29 is 13.9 Å². The van der Waals surface area contributed by atoms with Gasteiger partial charge in [-0.3, -0.25) is 9.48 Å². The molecule has 5 nitrogen and oxygen atoms in total. The monoisotopic (exact) mass is 370 g/mol. The van der Waals surface area contributed by atoms with Crippen LogP contribution in [0.2, 0.25) is 5.02 Å². The number of ether oxygens (including phenoxy) is 1. The smallest absolute Gasteiger partial charge is 0.189 e. The fraction of sp³-hybridized carbons (Fsp3) is 0.200. The maximum Gasteiger partial charge on any atom is 0.189 e. The highest BCUT2D eigenvalue weighted by Crippen LogP contribution is 2.18. The molecule has 0 saturated heterocycles. The average molecular weight is 371 g/mol. The molecule has 0 atom stereocenters. The van der Waals surface area contributed by atoms with Crippen molar-refractivity contribution in [3.63, 3.8) is 0 Å². The van der Waals surface area contributed by atoms with Crippen molar-refractivity contribution >= 4 is 23.5 Å². The van der Waals surface area contributed by atoms with E-state index in [1.165, 1.54) is 6.08 Å². The molecule has 0 aliphatic rings. The number of nitrogens with zero attached hydrogens (tertiary/aromatic N) is 2. The van der Waals surface area contributed by atoms with Crippen molar-refractivity contribution in [3.05, 3.63) is 76.5 Å². The number of rotatable bonds is 7. The second-order valence-electron chi connectivity index (χ2n) is 5.73. The molecule has 0 radical (unpaired) electrons. The zero-order valence-electron chi connectivity index (χ0n) is 14.6. The zero-order valence-corrected chi connectivity index (χ0v) is 15.4. The minimum absolute atomic E-state index is 0.0995. The highest BCUT2D eigenvalue weighted by molar-refractivity contribution is 6.30. The molecule has 0 N–H and O–H groups in total. The summed E-state index contributed by atoms with van der Waals surface area (Å²) in [6.07, 6.45) is 4.90. The predicted octanol–water partition coefficient (Wildman–Crippen LogP) is 4.93. The lowest BCUT2D eigenvalue weighted by molar-refractivity contribution is 0.104. The Balaban J connectivity index is 1.60. The SMILES string of the molecule is CCn1cc(C(=O)/C=C/c2ccc(COc3ccc(Cl)cc3)o2)c(C)n1. The molecule has 2 aromatic heterocycles. The summed E-state index contributed by atoms with van der Waals surface area (Å²) in [5.41, 5.74) is 1.32. The Hall–Kier alpha value is -2.79. The van der Waals surface area contributed by atoms with Crippen LogP contribution in [0.15, 0.2) is 53.1 Å². The standard InChI is InChI=1S/C20H19ClN2O3/c1-3-23-12-19(14(2)22-23)20(24)11-10-17-8-9-18(26-17)13-25-16-6-4-15(21)5-7-16/h4-12H,3,13H2,1-2H3/b11-10+. The average Bonchev–Trinajstić information content (AvgIpc) is 3.25. The Kier molecular flexibility index (Phi) is 5.58. The molecule has 3 aromatic rings. The van der Waals surface area contributed by atoms with Crippen LogP contribution in [-0.2, 0) is 13.2 Å². The predicted molar refractivity (Wildman–Crippen MR) is 100 cm³/mol. The van der Waals surface area contributed by atoms with E-state index in [4.69, 9.17) is 20.8 Å². The second-order valence-corrected chi connectivity index (χ2v) is 6.16. The topological polar surface area (TPSA) is 57.3 Å². The minimum Gasteiger partial charge on any atom is -0.486 e. The van der Waals surface area contributed by atoms with Crippen molar-refractivity contribution in [2.45, 2.75) is 27.0 Å². The molecular formula is C20H19ClN2O3. The van der Waals surface area contributed by atoms with Crippen molar-refractivity contribution in [2.75, 3.05) is 0 Å². The highest BCUT2D eigenvalue weighted by Gasteiger charge is 2.10. The first kappa shape index (κ1) is 18.0. The number of carbonyl (C=O) groups is 1. The summed E-state index contributed by atoms with van der Waals surface area (Å²) in [7, 11) is 0. The molecule has 3 rings (SSSR count). The maximum atomic E-state index is 12.3. The Morgan fingerprint density at radius 2 is 2.04 bits per heavy atom. The Bertz CT molecular complexity index is 923. The van der Waals surface area contributed by atoms with Gasteiger partial charge in [0.05, 0.1) is 11.3 Å². The summed E-state index contributed by atoms with van der Waals surface area (Å²) >= 11 is 5.84. The molecule has 0 aliphatic heterocycles. The lowest BCUT2D eigenvalue weighted by atomic mass is 10.1. The molecule has 2 heterocycles. The van der Waals surface area contributed by atoms with E-state index >= 15 is 0 Å². The number of furan rings is 1. The summed E-state index contributed by atoms with van der Waals surface area (Å²) in [5.74, 6) is 1.87. The van der Waals surface area contributed by atoms with Crippen molar-refractivity contribution in [1.82, 2.24) is 9.78 Å². The number of hydrogen-bond donors (Lipinski definition) is 0. The number of aryl methyl sites for hydroxylation is 2.